The molecule has 0 aliphatic carbocycles. The summed E-state index contributed by atoms with van der Waals surface area (Å²) in [5.41, 5.74) is 6.14. The number of nitrogens with two attached hydrogens (primary N) is 1. The second-order valence-electron chi connectivity index (χ2n) is 3.81. The molecule has 3 nitrogen and oxygen atoms in total. The van der Waals surface area contributed by atoms with Crippen molar-refractivity contribution in [3.8, 4) is 0 Å². The van der Waals surface area contributed by atoms with E-state index in [1.807, 2.05) is 0 Å². The van der Waals surface area contributed by atoms with Gasteiger partial charge in [-0.1, -0.05) is 29.3 Å². The zero-order valence-electron chi connectivity index (χ0n) is 9.45. The van der Waals surface area contributed by atoms with E-state index in [0.29, 0.717) is 21.6 Å². The molecule has 1 aromatic carbocycles. The van der Waals surface area contributed by atoms with E-state index in [9.17, 15) is 4.79 Å². The quantitative estimate of drug-likeness (QED) is 0.874. The standard InChI is InChI=1S/C13H11Cl2NO2/c14-9-2-1-8(11(15)6-9)5-12(17)13-4-3-10(7-16)18-13/h1-4,6H,5,7,16H2. The number of rotatable bonds is 4. The second-order valence-corrected chi connectivity index (χ2v) is 4.65. The molecule has 1 heterocycles. The van der Waals surface area contributed by atoms with E-state index in [0.717, 1.165) is 5.56 Å². The van der Waals surface area contributed by atoms with Gasteiger partial charge < -0.3 is 10.2 Å². The first-order valence-electron chi connectivity index (χ1n) is 5.36. The molecule has 0 radical (unpaired) electrons. The third-order valence-electron chi connectivity index (χ3n) is 2.50. The number of furan rings is 1. The molecule has 2 rings (SSSR count). The van der Waals surface area contributed by atoms with E-state index < -0.39 is 0 Å². The maximum Gasteiger partial charge on any atom is 0.202 e. The fraction of sp³-hybridized carbons (Fsp3) is 0.154. The number of ketones is 1. The maximum absolute atomic E-state index is 12.0. The van der Waals surface area contributed by atoms with Gasteiger partial charge in [0.25, 0.3) is 0 Å². The molecule has 0 fully saturated rings. The molecule has 2 aromatic rings. The van der Waals surface area contributed by atoms with Crippen LogP contribution in [0.1, 0.15) is 21.9 Å². The van der Waals surface area contributed by atoms with Gasteiger partial charge in [-0.3, -0.25) is 4.79 Å². The van der Waals surface area contributed by atoms with Crippen molar-refractivity contribution < 1.29 is 9.21 Å². The first kappa shape index (κ1) is 13.1. The van der Waals surface area contributed by atoms with Crippen LogP contribution in [-0.2, 0) is 13.0 Å². The highest BCUT2D eigenvalue weighted by Gasteiger charge is 2.13. The highest BCUT2D eigenvalue weighted by molar-refractivity contribution is 6.35. The van der Waals surface area contributed by atoms with Gasteiger partial charge in [0.05, 0.1) is 6.54 Å². The normalized spacial score (nSPS) is 10.6. The monoisotopic (exact) mass is 283 g/mol. The van der Waals surface area contributed by atoms with Crippen LogP contribution >= 0.6 is 23.2 Å². The van der Waals surface area contributed by atoms with Crippen molar-refractivity contribution in [1.29, 1.82) is 0 Å². The molecule has 0 aliphatic rings. The molecule has 0 bridgehead atoms. The van der Waals surface area contributed by atoms with Gasteiger partial charge in [0, 0.05) is 16.5 Å². The molecule has 5 heteroatoms. The van der Waals surface area contributed by atoms with Crippen LogP contribution in [0.3, 0.4) is 0 Å². The van der Waals surface area contributed by atoms with Crippen molar-refractivity contribution in [3.05, 3.63) is 57.5 Å². The number of hydrogen-bond donors (Lipinski definition) is 1. The Labute approximate surface area is 114 Å². The second kappa shape index (κ2) is 5.57. The van der Waals surface area contributed by atoms with Gasteiger partial charge in [0.15, 0.2) is 5.76 Å². The fourth-order valence-corrected chi connectivity index (χ4v) is 2.04. The SMILES string of the molecule is NCc1ccc(C(=O)Cc2ccc(Cl)cc2Cl)o1. The molecular weight excluding hydrogens is 273 g/mol. The Morgan fingerprint density at radius 2 is 2.00 bits per heavy atom. The van der Waals surface area contributed by atoms with Crippen molar-refractivity contribution in [2.75, 3.05) is 0 Å². The first-order chi connectivity index (χ1) is 8.60. The molecular formula is C13H11Cl2NO2. The number of Topliss-reactive ketones (excluding diaryl/α,β-unsaturated/α-hetero) is 1. The zero-order chi connectivity index (χ0) is 13.1. The van der Waals surface area contributed by atoms with Gasteiger partial charge in [-0.05, 0) is 29.8 Å². The topological polar surface area (TPSA) is 56.2 Å². The first-order valence-corrected chi connectivity index (χ1v) is 6.11. The summed E-state index contributed by atoms with van der Waals surface area (Å²) in [7, 11) is 0. The summed E-state index contributed by atoms with van der Waals surface area (Å²) in [6.07, 6.45) is 0.174. The zero-order valence-corrected chi connectivity index (χ0v) is 11.0. The van der Waals surface area contributed by atoms with Crippen molar-refractivity contribution in [3.63, 3.8) is 0 Å². The van der Waals surface area contributed by atoms with Gasteiger partial charge in [-0.2, -0.15) is 0 Å². The molecule has 0 saturated heterocycles. The number of hydrogen-bond acceptors (Lipinski definition) is 3. The van der Waals surface area contributed by atoms with Crippen LogP contribution < -0.4 is 5.73 Å². The van der Waals surface area contributed by atoms with Crippen LogP contribution in [-0.4, -0.2) is 5.78 Å². The maximum atomic E-state index is 12.0. The smallest absolute Gasteiger partial charge is 0.202 e. The lowest BCUT2D eigenvalue weighted by atomic mass is 10.1. The van der Waals surface area contributed by atoms with E-state index in [4.69, 9.17) is 33.4 Å². The van der Waals surface area contributed by atoms with E-state index in [2.05, 4.69) is 0 Å². The predicted octanol–water partition coefficient (Wildman–Crippen LogP) is 3.47. The van der Waals surface area contributed by atoms with Crippen molar-refractivity contribution in [2.24, 2.45) is 5.73 Å². The molecule has 0 amide bonds. The summed E-state index contributed by atoms with van der Waals surface area (Å²) in [4.78, 5) is 12.0. The molecule has 0 saturated carbocycles. The Balaban J connectivity index is 2.16. The van der Waals surface area contributed by atoms with E-state index >= 15 is 0 Å². The number of carbonyl (C=O) groups is 1. The van der Waals surface area contributed by atoms with Crippen molar-refractivity contribution >= 4 is 29.0 Å². The van der Waals surface area contributed by atoms with Crippen LogP contribution in [0, 0.1) is 0 Å². The van der Waals surface area contributed by atoms with Crippen LogP contribution in [0.4, 0.5) is 0 Å². The Morgan fingerprint density at radius 3 is 2.61 bits per heavy atom. The van der Waals surface area contributed by atoms with E-state index in [1.54, 1.807) is 30.3 Å². The van der Waals surface area contributed by atoms with Crippen molar-refractivity contribution in [2.45, 2.75) is 13.0 Å². The average Bonchev–Trinajstić information content (AvgIpc) is 2.81. The van der Waals surface area contributed by atoms with Gasteiger partial charge in [0.1, 0.15) is 5.76 Å². The Kier molecular flexibility index (Phi) is 4.07. The number of benzene rings is 1. The number of carbonyl (C=O) groups excluding carboxylic acids is 1. The third-order valence-corrected chi connectivity index (χ3v) is 3.09. The molecule has 0 unspecified atom stereocenters. The van der Waals surface area contributed by atoms with Crippen LogP contribution in [0.15, 0.2) is 34.7 Å². The molecule has 1 aromatic heterocycles. The van der Waals surface area contributed by atoms with Gasteiger partial charge in [-0.15, -0.1) is 0 Å². The van der Waals surface area contributed by atoms with Crippen LogP contribution in [0.25, 0.3) is 0 Å². The molecule has 2 N–H and O–H groups in total. The van der Waals surface area contributed by atoms with Crippen LogP contribution in [0.2, 0.25) is 10.0 Å². The summed E-state index contributed by atoms with van der Waals surface area (Å²) in [5.74, 6) is 0.737. The lowest BCUT2D eigenvalue weighted by molar-refractivity contribution is 0.0964. The summed E-state index contributed by atoms with van der Waals surface area (Å²) in [5, 5.41) is 1.01. The highest BCUT2D eigenvalue weighted by Crippen LogP contribution is 2.22. The number of halogens is 2. The minimum absolute atomic E-state index is 0.140. The molecule has 94 valence electrons. The molecule has 18 heavy (non-hydrogen) atoms. The summed E-state index contributed by atoms with van der Waals surface area (Å²) in [6, 6.07) is 8.35. The third kappa shape index (κ3) is 2.93. The van der Waals surface area contributed by atoms with E-state index in [1.165, 1.54) is 0 Å². The Morgan fingerprint density at radius 1 is 1.22 bits per heavy atom. The van der Waals surface area contributed by atoms with Crippen molar-refractivity contribution in [1.82, 2.24) is 0 Å². The average molecular weight is 284 g/mol. The minimum atomic E-state index is -0.140. The summed E-state index contributed by atoms with van der Waals surface area (Å²) >= 11 is 11.8. The lowest BCUT2D eigenvalue weighted by Crippen LogP contribution is -2.03. The molecule has 0 aliphatic heterocycles. The summed E-state index contributed by atoms with van der Waals surface area (Å²) in [6.45, 7) is 0.273. The lowest BCUT2D eigenvalue weighted by Gasteiger charge is -2.02. The van der Waals surface area contributed by atoms with Gasteiger partial charge >= 0.3 is 0 Å². The largest absolute Gasteiger partial charge is 0.457 e. The molecule has 0 atom stereocenters. The van der Waals surface area contributed by atoms with Crippen LogP contribution in [0.5, 0.6) is 0 Å². The highest BCUT2D eigenvalue weighted by atomic mass is 35.5. The van der Waals surface area contributed by atoms with Gasteiger partial charge in [-0.25, -0.2) is 0 Å². The van der Waals surface area contributed by atoms with E-state index in [-0.39, 0.29) is 18.7 Å². The molecule has 0 spiro atoms. The Bertz CT molecular complexity index is 578. The minimum Gasteiger partial charge on any atom is -0.457 e. The summed E-state index contributed by atoms with van der Waals surface area (Å²) < 4.78 is 5.29. The fourth-order valence-electron chi connectivity index (χ4n) is 1.56. The van der Waals surface area contributed by atoms with Gasteiger partial charge in [0.2, 0.25) is 5.78 Å². The predicted molar refractivity (Wildman–Crippen MR) is 71.1 cm³/mol. The Hall–Kier alpha value is -1.29.